The zero-order valence-electron chi connectivity index (χ0n) is 12.8. The molecule has 5 heteroatoms. The number of Topliss-reactive ketones (excluding diaryl/α,β-unsaturated/α-hetero) is 1. The predicted octanol–water partition coefficient (Wildman–Crippen LogP) is 3.69. The largest absolute Gasteiger partial charge is 0.497 e. The van der Waals surface area contributed by atoms with Crippen molar-refractivity contribution in [2.24, 2.45) is 0 Å². The molecule has 0 aliphatic rings. The molecule has 2 rings (SSSR count). The molecule has 0 fully saturated rings. The van der Waals surface area contributed by atoms with E-state index in [-0.39, 0.29) is 5.78 Å². The van der Waals surface area contributed by atoms with E-state index in [9.17, 15) is 4.79 Å². The zero-order valence-corrected chi connectivity index (χ0v) is 13.6. The van der Waals surface area contributed by atoms with Crippen molar-refractivity contribution in [3.8, 4) is 17.2 Å². The topological polar surface area (TPSA) is 44.8 Å². The van der Waals surface area contributed by atoms with E-state index in [2.05, 4.69) is 0 Å². The summed E-state index contributed by atoms with van der Waals surface area (Å²) in [6.07, 6.45) is 0. The van der Waals surface area contributed by atoms with E-state index in [0.717, 1.165) is 10.6 Å². The number of hydrogen-bond donors (Lipinski definition) is 0. The van der Waals surface area contributed by atoms with Gasteiger partial charge in [-0.15, -0.1) is 11.8 Å². The molecule has 0 saturated heterocycles. The molecule has 2 aromatic rings. The van der Waals surface area contributed by atoms with Gasteiger partial charge in [-0.1, -0.05) is 0 Å². The van der Waals surface area contributed by atoms with Crippen LogP contribution in [-0.4, -0.2) is 32.9 Å². The molecule has 0 amide bonds. The average Bonchev–Trinajstić information content (AvgIpc) is 2.59. The second-order valence-corrected chi connectivity index (χ2v) is 5.51. The highest BCUT2D eigenvalue weighted by Crippen LogP contribution is 2.29. The molecule has 4 nitrogen and oxygen atoms in total. The van der Waals surface area contributed by atoms with Crippen molar-refractivity contribution in [3.05, 3.63) is 48.0 Å². The van der Waals surface area contributed by atoms with Gasteiger partial charge in [0.05, 0.1) is 27.1 Å². The molecule has 0 radical (unpaired) electrons. The highest BCUT2D eigenvalue weighted by Gasteiger charge is 2.11. The lowest BCUT2D eigenvalue weighted by molar-refractivity contribution is 0.102. The summed E-state index contributed by atoms with van der Waals surface area (Å²) in [5, 5.41) is 0. The van der Waals surface area contributed by atoms with Crippen molar-refractivity contribution in [3.63, 3.8) is 0 Å². The summed E-state index contributed by atoms with van der Waals surface area (Å²) >= 11 is 1.49. The smallest absolute Gasteiger partial charge is 0.173 e. The molecule has 0 atom stereocenters. The second kappa shape index (κ2) is 7.75. The Morgan fingerprint density at radius 3 is 2.18 bits per heavy atom. The third-order valence-electron chi connectivity index (χ3n) is 3.13. The van der Waals surface area contributed by atoms with Gasteiger partial charge in [0.2, 0.25) is 0 Å². The molecular weight excluding hydrogens is 300 g/mol. The van der Waals surface area contributed by atoms with Crippen LogP contribution in [0.2, 0.25) is 0 Å². The fourth-order valence-electron chi connectivity index (χ4n) is 1.91. The quantitative estimate of drug-likeness (QED) is 0.575. The molecule has 2 aromatic carbocycles. The summed E-state index contributed by atoms with van der Waals surface area (Å²) in [6.45, 7) is 0. The number of rotatable bonds is 7. The van der Waals surface area contributed by atoms with Gasteiger partial charge in [-0.3, -0.25) is 4.79 Å². The molecule has 116 valence electrons. The van der Waals surface area contributed by atoms with Crippen molar-refractivity contribution < 1.29 is 19.0 Å². The normalized spacial score (nSPS) is 10.1. The van der Waals surface area contributed by atoms with E-state index >= 15 is 0 Å². The van der Waals surface area contributed by atoms with Crippen LogP contribution in [0.4, 0.5) is 0 Å². The van der Waals surface area contributed by atoms with E-state index in [4.69, 9.17) is 14.2 Å². The van der Waals surface area contributed by atoms with Crippen LogP contribution in [0, 0.1) is 0 Å². The molecule has 0 aromatic heterocycles. The van der Waals surface area contributed by atoms with Crippen molar-refractivity contribution >= 4 is 17.5 Å². The maximum Gasteiger partial charge on any atom is 0.173 e. The van der Waals surface area contributed by atoms with Gasteiger partial charge in [0.25, 0.3) is 0 Å². The number of ether oxygens (including phenoxy) is 3. The Hall–Kier alpha value is -2.14. The summed E-state index contributed by atoms with van der Waals surface area (Å²) in [7, 11) is 4.75. The van der Waals surface area contributed by atoms with Gasteiger partial charge in [0.15, 0.2) is 17.3 Å². The number of methoxy groups -OCH3 is 3. The van der Waals surface area contributed by atoms with Gasteiger partial charge in [-0.25, -0.2) is 0 Å². The number of thioether (sulfide) groups is 1. The monoisotopic (exact) mass is 318 g/mol. The van der Waals surface area contributed by atoms with E-state index in [1.54, 1.807) is 39.5 Å². The molecule has 0 unspecified atom stereocenters. The molecule has 0 spiro atoms. The van der Waals surface area contributed by atoms with Gasteiger partial charge in [0.1, 0.15) is 5.75 Å². The van der Waals surface area contributed by atoms with E-state index in [1.165, 1.54) is 11.8 Å². The van der Waals surface area contributed by atoms with Crippen LogP contribution < -0.4 is 14.2 Å². The predicted molar refractivity (Wildman–Crippen MR) is 87.6 cm³/mol. The Balaban J connectivity index is 2.02. The first-order valence-electron chi connectivity index (χ1n) is 6.70. The lowest BCUT2D eigenvalue weighted by atomic mass is 10.1. The molecule has 22 heavy (non-hydrogen) atoms. The van der Waals surface area contributed by atoms with Crippen LogP contribution in [-0.2, 0) is 0 Å². The third-order valence-corrected chi connectivity index (χ3v) is 4.15. The number of ketones is 1. The Kier molecular flexibility index (Phi) is 5.72. The third kappa shape index (κ3) is 3.95. The van der Waals surface area contributed by atoms with Gasteiger partial charge < -0.3 is 14.2 Å². The summed E-state index contributed by atoms with van der Waals surface area (Å²) in [4.78, 5) is 13.3. The van der Waals surface area contributed by atoms with Gasteiger partial charge in [0, 0.05) is 10.5 Å². The molecule has 0 aliphatic carbocycles. The van der Waals surface area contributed by atoms with Crippen molar-refractivity contribution in [1.29, 1.82) is 0 Å². The summed E-state index contributed by atoms with van der Waals surface area (Å²) < 4.78 is 15.5. The minimum absolute atomic E-state index is 0.0433. The summed E-state index contributed by atoms with van der Waals surface area (Å²) in [5.74, 6) is 2.38. The van der Waals surface area contributed by atoms with E-state index in [1.807, 2.05) is 24.3 Å². The first-order chi connectivity index (χ1) is 10.7. The maximum absolute atomic E-state index is 12.3. The van der Waals surface area contributed by atoms with Crippen LogP contribution in [0.5, 0.6) is 17.2 Å². The number of carbonyl (C=O) groups is 1. The molecular formula is C17H18O4S. The minimum atomic E-state index is 0.0433. The summed E-state index contributed by atoms with van der Waals surface area (Å²) in [5.41, 5.74) is 0.610. The standard InChI is InChI=1S/C17H18O4S/c1-19-13-5-7-14(8-6-13)22-11-15(18)12-4-9-16(20-2)17(10-12)21-3/h4-10H,11H2,1-3H3. The summed E-state index contributed by atoms with van der Waals surface area (Å²) in [6, 6.07) is 12.8. The van der Waals surface area contributed by atoms with Crippen LogP contribution in [0.3, 0.4) is 0 Å². The van der Waals surface area contributed by atoms with Crippen molar-refractivity contribution in [1.82, 2.24) is 0 Å². The molecule has 0 bridgehead atoms. The first-order valence-corrected chi connectivity index (χ1v) is 7.68. The number of hydrogen-bond acceptors (Lipinski definition) is 5. The molecule has 0 saturated carbocycles. The SMILES string of the molecule is COc1ccc(SCC(=O)c2ccc(OC)c(OC)c2)cc1. The Morgan fingerprint density at radius 1 is 0.909 bits per heavy atom. The Bertz CT molecular complexity index is 638. The van der Waals surface area contributed by atoms with Crippen LogP contribution in [0.25, 0.3) is 0 Å². The fraction of sp³-hybridized carbons (Fsp3) is 0.235. The minimum Gasteiger partial charge on any atom is -0.497 e. The van der Waals surface area contributed by atoms with Crippen LogP contribution >= 0.6 is 11.8 Å². The van der Waals surface area contributed by atoms with Crippen molar-refractivity contribution in [2.75, 3.05) is 27.1 Å². The maximum atomic E-state index is 12.3. The zero-order chi connectivity index (χ0) is 15.9. The van der Waals surface area contributed by atoms with Crippen molar-refractivity contribution in [2.45, 2.75) is 4.90 Å². The second-order valence-electron chi connectivity index (χ2n) is 4.46. The number of benzene rings is 2. The Morgan fingerprint density at radius 2 is 1.59 bits per heavy atom. The average molecular weight is 318 g/mol. The molecule has 0 aliphatic heterocycles. The molecule has 0 heterocycles. The molecule has 0 N–H and O–H groups in total. The van der Waals surface area contributed by atoms with E-state index in [0.29, 0.717) is 22.8 Å². The van der Waals surface area contributed by atoms with Crippen LogP contribution in [0.15, 0.2) is 47.4 Å². The van der Waals surface area contributed by atoms with Crippen LogP contribution in [0.1, 0.15) is 10.4 Å². The highest BCUT2D eigenvalue weighted by atomic mass is 32.2. The lowest BCUT2D eigenvalue weighted by Crippen LogP contribution is -2.03. The highest BCUT2D eigenvalue weighted by molar-refractivity contribution is 8.00. The van der Waals surface area contributed by atoms with Gasteiger partial charge in [-0.2, -0.15) is 0 Å². The first kappa shape index (κ1) is 16.2. The number of carbonyl (C=O) groups excluding carboxylic acids is 1. The van der Waals surface area contributed by atoms with Gasteiger partial charge in [-0.05, 0) is 42.5 Å². The Labute approximate surface area is 134 Å². The van der Waals surface area contributed by atoms with Gasteiger partial charge >= 0.3 is 0 Å². The van der Waals surface area contributed by atoms with E-state index < -0.39 is 0 Å². The lowest BCUT2D eigenvalue weighted by Gasteiger charge is -2.09. The fourth-order valence-corrected chi connectivity index (χ4v) is 2.71.